The number of anilines is 1. The third-order valence-electron chi connectivity index (χ3n) is 5.31. The summed E-state index contributed by atoms with van der Waals surface area (Å²) < 4.78 is 0. The van der Waals surface area contributed by atoms with Crippen molar-refractivity contribution in [2.45, 2.75) is 44.6 Å². The van der Waals surface area contributed by atoms with Gasteiger partial charge in [-0.3, -0.25) is 5.10 Å². The Kier molecular flexibility index (Phi) is 3.48. The molecule has 2 aliphatic carbocycles. The largest absolute Gasteiger partial charge is 0.335 e. The lowest BCUT2D eigenvalue weighted by Gasteiger charge is -2.42. The number of nitrogens with zero attached hydrogens (tertiary/aromatic N) is 1. The standard InChI is InChI=1S/C17H22N4O/c22-17(19-14-7-8-15-13(9-14)10-18-21-15)20-16-11-3-1-4-12(16)6-2-5-11/h7-12,16H,1-6H2,(H,18,21)(H2,19,20,22). The summed E-state index contributed by atoms with van der Waals surface area (Å²) in [6.07, 6.45) is 9.48. The van der Waals surface area contributed by atoms with E-state index in [1.54, 1.807) is 6.20 Å². The number of rotatable bonds is 2. The molecular formula is C17H22N4O. The van der Waals surface area contributed by atoms with Gasteiger partial charge < -0.3 is 10.6 Å². The highest BCUT2D eigenvalue weighted by Gasteiger charge is 2.36. The average molecular weight is 298 g/mol. The van der Waals surface area contributed by atoms with Gasteiger partial charge in [-0.1, -0.05) is 12.8 Å². The minimum Gasteiger partial charge on any atom is -0.335 e. The fraction of sp³-hybridized carbons (Fsp3) is 0.529. The lowest BCUT2D eigenvalue weighted by atomic mass is 9.68. The molecule has 2 aliphatic rings. The molecule has 1 heterocycles. The average Bonchev–Trinajstić information content (AvgIpc) is 2.94. The number of amides is 2. The van der Waals surface area contributed by atoms with Crippen molar-refractivity contribution >= 4 is 22.6 Å². The van der Waals surface area contributed by atoms with Crippen molar-refractivity contribution in [1.82, 2.24) is 15.5 Å². The summed E-state index contributed by atoms with van der Waals surface area (Å²) >= 11 is 0. The van der Waals surface area contributed by atoms with Crippen LogP contribution in [0.4, 0.5) is 10.5 Å². The Morgan fingerprint density at radius 3 is 2.59 bits per heavy atom. The minimum absolute atomic E-state index is 0.0772. The van der Waals surface area contributed by atoms with Crippen LogP contribution >= 0.6 is 0 Å². The Labute approximate surface area is 129 Å². The number of benzene rings is 1. The van der Waals surface area contributed by atoms with Crippen molar-refractivity contribution in [2.75, 3.05) is 5.32 Å². The molecule has 0 radical (unpaired) electrons. The topological polar surface area (TPSA) is 69.8 Å². The van der Waals surface area contributed by atoms with E-state index >= 15 is 0 Å². The Hall–Kier alpha value is -2.04. The maximum atomic E-state index is 12.3. The minimum atomic E-state index is -0.0772. The Morgan fingerprint density at radius 2 is 1.86 bits per heavy atom. The van der Waals surface area contributed by atoms with E-state index in [1.165, 1.54) is 38.5 Å². The molecule has 2 saturated carbocycles. The van der Waals surface area contributed by atoms with Gasteiger partial charge in [0, 0.05) is 17.1 Å². The summed E-state index contributed by atoms with van der Waals surface area (Å²) in [5, 5.41) is 14.1. The molecule has 0 atom stereocenters. The third-order valence-corrected chi connectivity index (χ3v) is 5.31. The predicted molar refractivity (Wildman–Crippen MR) is 86.7 cm³/mol. The zero-order valence-corrected chi connectivity index (χ0v) is 12.6. The first-order valence-corrected chi connectivity index (χ1v) is 8.30. The van der Waals surface area contributed by atoms with Gasteiger partial charge in [-0.15, -0.1) is 0 Å². The molecule has 2 fully saturated rings. The van der Waals surface area contributed by atoms with E-state index in [-0.39, 0.29) is 6.03 Å². The van der Waals surface area contributed by atoms with Crippen LogP contribution in [0.1, 0.15) is 38.5 Å². The highest BCUT2D eigenvalue weighted by atomic mass is 16.2. The maximum Gasteiger partial charge on any atom is 0.319 e. The first kappa shape index (κ1) is 13.6. The summed E-state index contributed by atoms with van der Waals surface area (Å²) in [5.74, 6) is 1.35. The quantitative estimate of drug-likeness (QED) is 0.792. The maximum absolute atomic E-state index is 12.3. The second-order valence-corrected chi connectivity index (χ2v) is 6.68. The van der Waals surface area contributed by atoms with Gasteiger partial charge >= 0.3 is 6.03 Å². The number of nitrogens with one attached hydrogen (secondary N) is 3. The summed E-state index contributed by atoms with van der Waals surface area (Å²) in [6, 6.07) is 6.07. The zero-order valence-electron chi connectivity index (χ0n) is 12.6. The summed E-state index contributed by atoms with van der Waals surface area (Å²) in [7, 11) is 0. The lowest BCUT2D eigenvalue weighted by Crippen LogP contribution is -2.50. The number of carbonyl (C=O) groups is 1. The summed E-state index contributed by atoms with van der Waals surface area (Å²) in [6.45, 7) is 0. The van der Waals surface area contributed by atoms with Crippen molar-refractivity contribution < 1.29 is 4.79 Å². The van der Waals surface area contributed by atoms with Crippen molar-refractivity contribution in [3.05, 3.63) is 24.4 Å². The molecule has 0 spiro atoms. The van der Waals surface area contributed by atoms with Crippen molar-refractivity contribution in [2.24, 2.45) is 11.8 Å². The fourth-order valence-corrected chi connectivity index (χ4v) is 4.25. The Morgan fingerprint density at radius 1 is 1.14 bits per heavy atom. The third kappa shape index (κ3) is 2.56. The highest BCUT2D eigenvalue weighted by molar-refractivity contribution is 5.92. The van der Waals surface area contributed by atoms with E-state index in [0.29, 0.717) is 17.9 Å². The molecule has 22 heavy (non-hydrogen) atoms. The van der Waals surface area contributed by atoms with Crippen LogP contribution in [0.2, 0.25) is 0 Å². The number of H-pyrrole nitrogens is 1. The molecule has 0 unspecified atom stereocenters. The predicted octanol–water partition coefficient (Wildman–Crippen LogP) is 3.65. The summed E-state index contributed by atoms with van der Waals surface area (Å²) in [5.41, 5.74) is 1.79. The molecule has 116 valence electrons. The van der Waals surface area contributed by atoms with Crippen molar-refractivity contribution in [3.63, 3.8) is 0 Å². The van der Waals surface area contributed by atoms with Crippen LogP contribution in [0.5, 0.6) is 0 Å². The van der Waals surface area contributed by atoms with E-state index < -0.39 is 0 Å². The zero-order chi connectivity index (χ0) is 14.9. The van der Waals surface area contributed by atoms with Gasteiger partial charge in [0.15, 0.2) is 0 Å². The van der Waals surface area contributed by atoms with Crippen LogP contribution in [-0.2, 0) is 0 Å². The van der Waals surface area contributed by atoms with E-state index in [2.05, 4.69) is 20.8 Å². The summed E-state index contributed by atoms with van der Waals surface area (Å²) in [4.78, 5) is 12.3. The van der Waals surface area contributed by atoms with Gasteiger partial charge in [-0.05, 0) is 55.7 Å². The van der Waals surface area contributed by atoms with Gasteiger partial charge in [-0.2, -0.15) is 5.10 Å². The van der Waals surface area contributed by atoms with Gasteiger partial charge in [0.1, 0.15) is 0 Å². The second-order valence-electron chi connectivity index (χ2n) is 6.68. The van der Waals surface area contributed by atoms with Crippen LogP contribution < -0.4 is 10.6 Å². The smallest absolute Gasteiger partial charge is 0.319 e. The number of hydrogen-bond acceptors (Lipinski definition) is 2. The van der Waals surface area contributed by atoms with Crippen molar-refractivity contribution in [3.8, 4) is 0 Å². The van der Waals surface area contributed by atoms with Gasteiger partial charge in [0.2, 0.25) is 0 Å². The molecule has 2 bridgehead atoms. The molecule has 3 N–H and O–H groups in total. The molecule has 5 nitrogen and oxygen atoms in total. The normalized spacial score (nSPS) is 27.5. The van der Waals surface area contributed by atoms with E-state index in [9.17, 15) is 4.79 Å². The number of urea groups is 1. The van der Waals surface area contributed by atoms with E-state index in [0.717, 1.165) is 16.6 Å². The van der Waals surface area contributed by atoms with Crippen LogP contribution in [0.25, 0.3) is 10.9 Å². The first-order valence-electron chi connectivity index (χ1n) is 8.30. The molecule has 2 aromatic rings. The molecule has 2 amide bonds. The Bertz CT molecular complexity index is 658. The fourth-order valence-electron chi connectivity index (χ4n) is 4.25. The number of fused-ring (bicyclic) bond motifs is 3. The molecule has 1 aromatic heterocycles. The molecule has 0 aliphatic heterocycles. The number of aromatic nitrogens is 2. The van der Waals surface area contributed by atoms with Crippen LogP contribution in [0, 0.1) is 11.8 Å². The molecule has 5 heteroatoms. The number of carbonyl (C=O) groups excluding carboxylic acids is 1. The van der Waals surface area contributed by atoms with Crippen LogP contribution in [-0.4, -0.2) is 22.3 Å². The molecular weight excluding hydrogens is 276 g/mol. The first-order chi connectivity index (χ1) is 10.8. The van der Waals surface area contributed by atoms with E-state index in [4.69, 9.17) is 0 Å². The monoisotopic (exact) mass is 298 g/mol. The van der Waals surface area contributed by atoms with E-state index in [1.807, 2.05) is 18.2 Å². The van der Waals surface area contributed by atoms with Crippen LogP contribution in [0.3, 0.4) is 0 Å². The number of aromatic amines is 1. The van der Waals surface area contributed by atoms with Gasteiger partial charge in [0.25, 0.3) is 0 Å². The molecule has 1 aromatic carbocycles. The SMILES string of the molecule is O=C(Nc1ccc2[nH]ncc2c1)NC1C2CCCC1CCC2. The van der Waals surface area contributed by atoms with Gasteiger partial charge in [-0.25, -0.2) is 4.79 Å². The van der Waals surface area contributed by atoms with Crippen LogP contribution in [0.15, 0.2) is 24.4 Å². The highest BCUT2D eigenvalue weighted by Crippen LogP contribution is 2.40. The molecule has 0 saturated heterocycles. The number of hydrogen-bond donors (Lipinski definition) is 3. The van der Waals surface area contributed by atoms with Crippen molar-refractivity contribution in [1.29, 1.82) is 0 Å². The second kappa shape index (κ2) is 5.63. The Balaban J connectivity index is 1.43. The van der Waals surface area contributed by atoms with Gasteiger partial charge in [0.05, 0.1) is 11.7 Å². The lowest BCUT2D eigenvalue weighted by molar-refractivity contribution is 0.129. The molecule has 4 rings (SSSR count).